The maximum absolute atomic E-state index is 11.2. The fraction of sp³-hybridized carbons (Fsp3) is 0.632. The molecule has 0 saturated carbocycles. The van der Waals surface area contributed by atoms with E-state index in [4.69, 9.17) is 9.16 Å². The third kappa shape index (κ3) is 6.98. The number of carbonyl (C=O) groups is 1. The molecular weight excluding hydrogens is 304 g/mol. The number of aldehydes is 1. The lowest BCUT2D eigenvalue weighted by Gasteiger charge is -2.38. The van der Waals surface area contributed by atoms with Gasteiger partial charge in [0, 0.05) is 6.10 Å². The van der Waals surface area contributed by atoms with Crippen molar-refractivity contribution < 1.29 is 14.0 Å². The number of benzene rings is 1. The molecule has 4 heteroatoms. The number of carbonyl (C=O) groups excluding carboxylic acids is 1. The van der Waals surface area contributed by atoms with Gasteiger partial charge >= 0.3 is 0 Å². The van der Waals surface area contributed by atoms with Crippen molar-refractivity contribution in [2.24, 2.45) is 0 Å². The van der Waals surface area contributed by atoms with Gasteiger partial charge in [-0.15, -0.1) is 0 Å². The Kier molecular flexibility index (Phi) is 7.65. The van der Waals surface area contributed by atoms with Gasteiger partial charge in [-0.3, -0.25) is 0 Å². The summed E-state index contributed by atoms with van der Waals surface area (Å²) in [6.07, 6.45) is 2.23. The summed E-state index contributed by atoms with van der Waals surface area (Å²) in [6, 6.07) is 9.93. The van der Waals surface area contributed by atoms with Gasteiger partial charge in [0.25, 0.3) is 0 Å². The Morgan fingerprint density at radius 2 is 1.74 bits per heavy atom. The van der Waals surface area contributed by atoms with Crippen molar-refractivity contribution in [3.63, 3.8) is 0 Å². The van der Waals surface area contributed by atoms with Gasteiger partial charge in [-0.1, -0.05) is 51.1 Å². The van der Waals surface area contributed by atoms with Gasteiger partial charge in [0.15, 0.2) is 8.32 Å². The molecule has 1 aromatic carbocycles. The zero-order valence-corrected chi connectivity index (χ0v) is 16.5. The van der Waals surface area contributed by atoms with Crippen molar-refractivity contribution in [1.29, 1.82) is 0 Å². The van der Waals surface area contributed by atoms with Crippen molar-refractivity contribution in [3.8, 4) is 0 Å². The van der Waals surface area contributed by atoms with E-state index in [1.54, 1.807) is 0 Å². The molecule has 0 amide bonds. The minimum absolute atomic E-state index is 0.152. The number of hydrogen-bond acceptors (Lipinski definition) is 3. The SMILES string of the molecule is C[C@H](CC[C@@H](C=O)OCc1ccccc1)O[Si](C)(C)C(C)(C)C. The Morgan fingerprint density at radius 1 is 1.13 bits per heavy atom. The average molecular weight is 337 g/mol. The summed E-state index contributed by atoms with van der Waals surface area (Å²) >= 11 is 0. The van der Waals surface area contributed by atoms with Gasteiger partial charge in [0.2, 0.25) is 0 Å². The van der Waals surface area contributed by atoms with Crippen molar-refractivity contribution >= 4 is 14.6 Å². The van der Waals surface area contributed by atoms with E-state index < -0.39 is 8.32 Å². The maximum atomic E-state index is 11.2. The zero-order chi connectivity index (χ0) is 17.5. The Morgan fingerprint density at radius 3 is 2.26 bits per heavy atom. The van der Waals surface area contributed by atoms with Crippen LogP contribution in [0.15, 0.2) is 30.3 Å². The molecule has 0 aromatic heterocycles. The number of rotatable bonds is 9. The molecule has 0 spiro atoms. The fourth-order valence-electron chi connectivity index (χ4n) is 2.11. The van der Waals surface area contributed by atoms with E-state index in [1.165, 1.54) is 0 Å². The van der Waals surface area contributed by atoms with Crippen LogP contribution in [0.25, 0.3) is 0 Å². The van der Waals surface area contributed by atoms with Gasteiger partial charge in [-0.2, -0.15) is 0 Å². The molecule has 0 radical (unpaired) electrons. The molecular formula is C19H32O3Si. The molecule has 0 bridgehead atoms. The molecule has 0 aliphatic heterocycles. The van der Waals surface area contributed by atoms with Gasteiger partial charge in [0.1, 0.15) is 12.4 Å². The quantitative estimate of drug-likeness (QED) is 0.472. The molecule has 2 atom stereocenters. The third-order valence-corrected chi connectivity index (χ3v) is 9.22. The average Bonchev–Trinajstić information content (AvgIpc) is 2.47. The maximum Gasteiger partial charge on any atom is 0.192 e. The molecule has 0 aliphatic rings. The van der Waals surface area contributed by atoms with E-state index >= 15 is 0 Å². The van der Waals surface area contributed by atoms with Crippen molar-refractivity contribution in [2.75, 3.05) is 0 Å². The van der Waals surface area contributed by atoms with Crippen LogP contribution in [-0.2, 0) is 20.6 Å². The summed E-state index contributed by atoms with van der Waals surface area (Å²) in [5.41, 5.74) is 1.09. The van der Waals surface area contributed by atoms with E-state index in [-0.39, 0.29) is 17.2 Å². The van der Waals surface area contributed by atoms with Gasteiger partial charge in [0.05, 0.1) is 6.61 Å². The lowest BCUT2D eigenvalue weighted by molar-refractivity contribution is -0.119. The topological polar surface area (TPSA) is 35.5 Å². The van der Waals surface area contributed by atoms with E-state index in [2.05, 4.69) is 40.8 Å². The van der Waals surface area contributed by atoms with Crippen LogP contribution in [0.2, 0.25) is 18.1 Å². The molecule has 0 saturated heterocycles. The predicted octanol–water partition coefficient (Wildman–Crippen LogP) is 4.96. The highest BCUT2D eigenvalue weighted by molar-refractivity contribution is 6.74. The molecule has 0 unspecified atom stereocenters. The monoisotopic (exact) mass is 336 g/mol. The highest BCUT2D eigenvalue weighted by Crippen LogP contribution is 2.37. The van der Waals surface area contributed by atoms with Crippen LogP contribution in [0.4, 0.5) is 0 Å². The second-order valence-electron chi connectivity index (χ2n) is 7.74. The first-order chi connectivity index (χ1) is 10.7. The number of ether oxygens (including phenoxy) is 1. The lowest BCUT2D eigenvalue weighted by atomic mass is 10.1. The second-order valence-corrected chi connectivity index (χ2v) is 12.5. The summed E-state index contributed by atoms with van der Waals surface area (Å²) in [7, 11) is -1.75. The van der Waals surface area contributed by atoms with Gasteiger partial charge < -0.3 is 14.0 Å². The first-order valence-corrected chi connectivity index (χ1v) is 11.3. The Bertz CT molecular complexity index is 465. The Hall–Kier alpha value is -0.973. The van der Waals surface area contributed by atoms with E-state index in [0.717, 1.165) is 18.3 Å². The number of hydrogen-bond donors (Lipinski definition) is 0. The predicted molar refractivity (Wildman–Crippen MR) is 98.1 cm³/mol. The Balaban J connectivity index is 2.40. The highest BCUT2D eigenvalue weighted by Gasteiger charge is 2.38. The first kappa shape index (κ1) is 20.1. The van der Waals surface area contributed by atoms with Crippen LogP contribution in [0, 0.1) is 0 Å². The van der Waals surface area contributed by atoms with Crippen LogP contribution in [0.3, 0.4) is 0 Å². The molecule has 23 heavy (non-hydrogen) atoms. The first-order valence-electron chi connectivity index (χ1n) is 8.44. The normalized spacial score (nSPS) is 15.2. The standard InChI is InChI=1S/C19H32O3Si/c1-16(22-23(5,6)19(2,3)4)12-13-18(14-20)21-15-17-10-8-7-9-11-17/h7-11,14,16,18H,12-13,15H2,1-6H3/t16-,18+/m1/s1. The molecule has 1 aromatic rings. The van der Waals surface area contributed by atoms with Gasteiger partial charge in [-0.05, 0) is 43.5 Å². The van der Waals surface area contributed by atoms with E-state index in [1.807, 2.05) is 30.3 Å². The zero-order valence-electron chi connectivity index (χ0n) is 15.5. The fourth-order valence-corrected chi connectivity index (χ4v) is 3.58. The summed E-state index contributed by atoms with van der Waals surface area (Å²) in [4.78, 5) is 11.2. The smallest absolute Gasteiger partial charge is 0.192 e. The molecule has 0 aliphatic carbocycles. The largest absolute Gasteiger partial charge is 0.414 e. The lowest BCUT2D eigenvalue weighted by Crippen LogP contribution is -2.43. The molecule has 3 nitrogen and oxygen atoms in total. The van der Waals surface area contributed by atoms with Crippen LogP contribution >= 0.6 is 0 Å². The molecule has 130 valence electrons. The molecule has 0 N–H and O–H groups in total. The van der Waals surface area contributed by atoms with E-state index in [0.29, 0.717) is 13.0 Å². The van der Waals surface area contributed by atoms with Crippen LogP contribution in [0.5, 0.6) is 0 Å². The highest BCUT2D eigenvalue weighted by atomic mass is 28.4. The van der Waals surface area contributed by atoms with Crippen molar-refractivity contribution in [1.82, 2.24) is 0 Å². The van der Waals surface area contributed by atoms with Crippen molar-refractivity contribution in [2.45, 2.75) is 77.5 Å². The van der Waals surface area contributed by atoms with Gasteiger partial charge in [-0.25, -0.2) is 0 Å². The minimum Gasteiger partial charge on any atom is -0.414 e. The Labute approximate surface area is 142 Å². The summed E-state index contributed by atoms with van der Waals surface area (Å²) in [5, 5.41) is 0.204. The van der Waals surface area contributed by atoms with Crippen LogP contribution < -0.4 is 0 Å². The third-order valence-electron chi connectivity index (χ3n) is 4.62. The summed E-state index contributed by atoms with van der Waals surface area (Å²) in [5.74, 6) is 0. The molecule has 0 fully saturated rings. The summed E-state index contributed by atoms with van der Waals surface area (Å²) in [6.45, 7) is 13.8. The second kappa shape index (κ2) is 8.76. The minimum atomic E-state index is -1.75. The summed E-state index contributed by atoms with van der Waals surface area (Å²) < 4.78 is 12.0. The molecule has 1 rings (SSSR count). The van der Waals surface area contributed by atoms with Crippen molar-refractivity contribution in [3.05, 3.63) is 35.9 Å². The van der Waals surface area contributed by atoms with Crippen LogP contribution in [0.1, 0.15) is 46.1 Å². The van der Waals surface area contributed by atoms with E-state index in [9.17, 15) is 4.79 Å². The van der Waals surface area contributed by atoms with Crippen LogP contribution in [-0.4, -0.2) is 26.8 Å². The molecule has 0 heterocycles.